The van der Waals surface area contributed by atoms with E-state index in [0.29, 0.717) is 12.2 Å². The molecule has 1 atom stereocenters. The highest BCUT2D eigenvalue weighted by molar-refractivity contribution is 7.90. The number of hydrogen-bond acceptors (Lipinski definition) is 4. The lowest BCUT2D eigenvalue weighted by Gasteiger charge is -2.11. The molecule has 0 aliphatic carbocycles. The molecule has 0 aliphatic heterocycles. The Morgan fingerprint density at radius 3 is 2.31 bits per heavy atom. The van der Waals surface area contributed by atoms with E-state index in [0.717, 1.165) is 6.26 Å². The molecule has 5 heteroatoms. The Morgan fingerprint density at radius 1 is 1.31 bits per heavy atom. The third-order valence-electron chi connectivity index (χ3n) is 2.17. The largest absolute Gasteiger partial charge is 0.386 e. The van der Waals surface area contributed by atoms with Crippen LogP contribution in [0.3, 0.4) is 0 Å². The maximum atomic E-state index is 11.2. The van der Waals surface area contributed by atoms with Gasteiger partial charge >= 0.3 is 0 Å². The van der Waals surface area contributed by atoms with E-state index in [1.807, 2.05) is 6.92 Å². The van der Waals surface area contributed by atoms with Crippen LogP contribution in [0.15, 0.2) is 29.2 Å². The van der Waals surface area contributed by atoms with E-state index in [1.54, 1.807) is 12.1 Å². The molecule has 1 aromatic carbocycles. The second kappa shape index (κ2) is 5.43. The highest BCUT2D eigenvalue weighted by atomic mass is 32.2. The smallest absolute Gasteiger partial charge is 0.175 e. The normalized spacial score (nSPS) is 13.7. The molecule has 0 saturated carbocycles. The van der Waals surface area contributed by atoms with Crippen molar-refractivity contribution in [3.8, 4) is 0 Å². The predicted molar refractivity (Wildman–Crippen MR) is 61.0 cm³/mol. The van der Waals surface area contributed by atoms with Gasteiger partial charge in [0.2, 0.25) is 0 Å². The van der Waals surface area contributed by atoms with Gasteiger partial charge in [-0.2, -0.15) is 0 Å². The Labute approximate surface area is 95.8 Å². The van der Waals surface area contributed by atoms with Crippen molar-refractivity contribution in [3.63, 3.8) is 0 Å². The maximum Gasteiger partial charge on any atom is 0.175 e. The van der Waals surface area contributed by atoms with Crippen molar-refractivity contribution in [2.24, 2.45) is 0 Å². The van der Waals surface area contributed by atoms with Crippen LogP contribution in [-0.2, 0) is 14.6 Å². The summed E-state index contributed by atoms with van der Waals surface area (Å²) in [6.07, 6.45) is 0.437. The van der Waals surface area contributed by atoms with E-state index in [2.05, 4.69) is 0 Å². The monoisotopic (exact) mass is 244 g/mol. The summed E-state index contributed by atoms with van der Waals surface area (Å²) in [6, 6.07) is 6.17. The second-order valence-electron chi connectivity index (χ2n) is 3.52. The molecular formula is C11H16O4S. The number of aliphatic hydroxyl groups is 1. The van der Waals surface area contributed by atoms with Gasteiger partial charge in [-0.3, -0.25) is 0 Å². The SMILES string of the molecule is CCOCC(O)c1ccc(S(C)(=O)=O)cc1. The van der Waals surface area contributed by atoms with Crippen molar-refractivity contribution in [1.82, 2.24) is 0 Å². The molecule has 0 fully saturated rings. The van der Waals surface area contributed by atoms with Gasteiger partial charge in [0.15, 0.2) is 9.84 Å². The van der Waals surface area contributed by atoms with Gasteiger partial charge in [-0.05, 0) is 24.6 Å². The van der Waals surface area contributed by atoms with Crippen LogP contribution in [0, 0.1) is 0 Å². The van der Waals surface area contributed by atoms with E-state index in [9.17, 15) is 13.5 Å². The molecule has 0 radical (unpaired) electrons. The van der Waals surface area contributed by atoms with Crippen LogP contribution < -0.4 is 0 Å². The molecule has 0 saturated heterocycles. The lowest BCUT2D eigenvalue weighted by atomic mass is 10.1. The van der Waals surface area contributed by atoms with Gasteiger partial charge in [0.25, 0.3) is 0 Å². The van der Waals surface area contributed by atoms with Gasteiger partial charge < -0.3 is 9.84 Å². The van der Waals surface area contributed by atoms with Crippen molar-refractivity contribution < 1.29 is 18.3 Å². The summed E-state index contributed by atoms with van der Waals surface area (Å²) in [5.74, 6) is 0. The van der Waals surface area contributed by atoms with Crippen molar-refractivity contribution >= 4 is 9.84 Å². The van der Waals surface area contributed by atoms with Crippen LogP contribution in [-0.4, -0.2) is 33.0 Å². The molecule has 0 heterocycles. The van der Waals surface area contributed by atoms with Gasteiger partial charge in [-0.1, -0.05) is 12.1 Å². The molecular weight excluding hydrogens is 228 g/mol. The lowest BCUT2D eigenvalue weighted by molar-refractivity contribution is 0.0420. The van der Waals surface area contributed by atoms with E-state index < -0.39 is 15.9 Å². The zero-order valence-corrected chi connectivity index (χ0v) is 10.2. The number of aliphatic hydroxyl groups excluding tert-OH is 1. The first-order valence-electron chi connectivity index (χ1n) is 5.01. The number of sulfone groups is 1. The average Bonchev–Trinajstić information content (AvgIpc) is 2.25. The summed E-state index contributed by atoms with van der Waals surface area (Å²) < 4.78 is 27.5. The number of hydrogen-bond donors (Lipinski definition) is 1. The highest BCUT2D eigenvalue weighted by Crippen LogP contribution is 2.16. The van der Waals surface area contributed by atoms with Crippen molar-refractivity contribution in [2.45, 2.75) is 17.9 Å². The first-order chi connectivity index (χ1) is 7.45. The number of rotatable bonds is 5. The van der Waals surface area contributed by atoms with Gasteiger partial charge in [0.05, 0.1) is 11.5 Å². The highest BCUT2D eigenvalue weighted by Gasteiger charge is 2.10. The molecule has 0 aliphatic rings. The van der Waals surface area contributed by atoms with Crippen LogP contribution in [0.1, 0.15) is 18.6 Å². The van der Waals surface area contributed by atoms with Crippen LogP contribution in [0.2, 0.25) is 0 Å². The van der Waals surface area contributed by atoms with Crippen LogP contribution >= 0.6 is 0 Å². The van der Waals surface area contributed by atoms with Crippen molar-refractivity contribution in [1.29, 1.82) is 0 Å². The third kappa shape index (κ3) is 3.59. The molecule has 0 aromatic heterocycles. The Hall–Kier alpha value is -0.910. The Bertz CT molecular complexity index is 422. The molecule has 1 aromatic rings. The van der Waals surface area contributed by atoms with E-state index in [-0.39, 0.29) is 11.5 Å². The number of ether oxygens (including phenoxy) is 1. The van der Waals surface area contributed by atoms with E-state index in [1.165, 1.54) is 12.1 Å². The van der Waals surface area contributed by atoms with Crippen molar-refractivity contribution in [3.05, 3.63) is 29.8 Å². The first kappa shape index (κ1) is 13.2. The van der Waals surface area contributed by atoms with Gasteiger partial charge in [-0.15, -0.1) is 0 Å². The third-order valence-corrected chi connectivity index (χ3v) is 3.30. The molecule has 4 nitrogen and oxygen atoms in total. The molecule has 0 bridgehead atoms. The van der Waals surface area contributed by atoms with Crippen LogP contribution in [0.25, 0.3) is 0 Å². The first-order valence-corrected chi connectivity index (χ1v) is 6.90. The fourth-order valence-electron chi connectivity index (χ4n) is 1.26. The molecule has 1 N–H and O–H groups in total. The molecule has 0 spiro atoms. The van der Waals surface area contributed by atoms with Crippen LogP contribution in [0.5, 0.6) is 0 Å². The Kier molecular flexibility index (Phi) is 4.46. The molecule has 0 amide bonds. The fourth-order valence-corrected chi connectivity index (χ4v) is 1.89. The standard InChI is InChI=1S/C11H16O4S/c1-3-15-8-11(12)9-4-6-10(7-5-9)16(2,13)14/h4-7,11-12H,3,8H2,1-2H3. The minimum Gasteiger partial charge on any atom is -0.386 e. The molecule has 16 heavy (non-hydrogen) atoms. The summed E-state index contributed by atoms with van der Waals surface area (Å²) >= 11 is 0. The van der Waals surface area contributed by atoms with Crippen molar-refractivity contribution in [2.75, 3.05) is 19.5 Å². The molecule has 1 unspecified atom stereocenters. The van der Waals surface area contributed by atoms with E-state index >= 15 is 0 Å². The topological polar surface area (TPSA) is 63.6 Å². The molecule has 1 rings (SSSR count). The minimum absolute atomic E-state index is 0.217. The van der Waals surface area contributed by atoms with Gasteiger partial charge in [0, 0.05) is 12.9 Å². The maximum absolute atomic E-state index is 11.2. The van der Waals surface area contributed by atoms with E-state index in [4.69, 9.17) is 4.74 Å². The lowest BCUT2D eigenvalue weighted by Crippen LogP contribution is -2.07. The summed E-state index contributed by atoms with van der Waals surface area (Å²) in [7, 11) is -3.18. The quantitative estimate of drug-likeness (QED) is 0.844. The second-order valence-corrected chi connectivity index (χ2v) is 5.53. The summed E-state index contributed by atoms with van der Waals surface area (Å²) in [5.41, 5.74) is 0.654. The summed E-state index contributed by atoms with van der Waals surface area (Å²) in [6.45, 7) is 2.60. The predicted octanol–water partition coefficient (Wildman–Crippen LogP) is 1.16. The molecule has 90 valence electrons. The Morgan fingerprint density at radius 2 is 1.88 bits per heavy atom. The summed E-state index contributed by atoms with van der Waals surface area (Å²) in [4.78, 5) is 0.250. The fraction of sp³-hybridized carbons (Fsp3) is 0.455. The zero-order valence-electron chi connectivity index (χ0n) is 9.38. The van der Waals surface area contributed by atoms with Gasteiger partial charge in [0.1, 0.15) is 6.10 Å². The number of benzene rings is 1. The summed E-state index contributed by atoms with van der Waals surface area (Å²) in [5, 5.41) is 9.67. The zero-order chi connectivity index (χ0) is 12.2. The minimum atomic E-state index is -3.18. The Balaban J connectivity index is 2.79. The van der Waals surface area contributed by atoms with Gasteiger partial charge in [-0.25, -0.2) is 8.42 Å². The average molecular weight is 244 g/mol. The van der Waals surface area contributed by atoms with Crippen LogP contribution in [0.4, 0.5) is 0 Å².